The third kappa shape index (κ3) is 6.05. The first kappa shape index (κ1) is 26.5. The van der Waals surface area contributed by atoms with Crippen LogP contribution in [0, 0.1) is 12.8 Å². The second kappa shape index (κ2) is 11.7. The van der Waals surface area contributed by atoms with Crippen LogP contribution in [0.4, 0.5) is 0 Å². The molecule has 2 amide bonds. The van der Waals surface area contributed by atoms with E-state index < -0.39 is 18.1 Å². The Hall–Kier alpha value is -3.57. The third-order valence-electron chi connectivity index (χ3n) is 6.34. The van der Waals surface area contributed by atoms with Gasteiger partial charge in [0.15, 0.2) is 12.0 Å². The third-order valence-corrected chi connectivity index (χ3v) is 7.32. The van der Waals surface area contributed by atoms with Gasteiger partial charge in [-0.15, -0.1) is 11.3 Å². The molecule has 10 nitrogen and oxygen atoms in total. The zero-order chi connectivity index (χ0) is 26.5. The molecule has 3 heterocycles. The smallest absolute Gasteiger partial charge is 0.254 e. The Labute approximate surface area is 218 Å². The van der Waals surface area contributed by atoms with Gasteiger partial charge in [-0.05, 0) is 29.1 Å². The van der Waals surface area contributed by atoms with Crippen LogP contribution in [0.5, 0.6) is 5.88 Å². The van der Waals surface area contributed by atoms with Gasteiger partial charge in [-0.1, -0.05) is 38.1 Å². The first-order valence-electron chi connectivity index (χ1n) is 12.1. The van der Waals surface area contributed by atoms with Crippen LogP contribution in [0.2, 0.25) is 0 Å². The normalized spacial score (nSPS) is 18.1. The van der Waals surface area contributed by atoms with Gasteiger partial charge in [0.2, 0.25) is 11.8 Å². The molecule has 0 saturated carbocycles. The summed E-state index contributed by atoms with van der Waals surface area (Å²) in [6.45, 7) is 5.84. The maximum absolute atomic E-state index is 13.6. The molecule has 1 aromatic carbocycles. The number of carbonyl (C=O) groups excluding carboxylic acids is 3. The molecule has 1 saturated heterocycles. The first-order chi connectivity index (χ1) is 17.8. The van der Waals surface area contributed by atoms with Crippen molar-refractivity contribution in [2.24, 2.45) is 5.92 Å². The van der Waals surface area contributed by atoms with Gasteiger partial charge in [-0.3, -0.25) is 14.4 Å². The predicted octanol–water partition coefficient (Wildman–Crippen LogP) is 2.70. The molecule has 11 heteroatoms. The van der Waals surface area contributed by atoms with Crippen LogP contribution in [0.1, 0.15) is 43.2 Å². The van der Waals surface area contributed by atoms with Gasteiger partial charge in [0.1, 0.15) is 18.6 Å². The molecule has 0 spiro atoms. The number of hydrogen-bond donors (Lipinski definition) is 2. The van der Waals surface area contributed by atoms with Gasteiger partial charge >= 0.3 is 0 Å². The number of nitrogens with zero attached hydrogens (tertiary/aromatic N) is 3. The summed E-state index contributed by atoms with van der Waals surface area (Å²) in [5, 5.41) is 17.0. The minimum Gasteiger partial charge on any atom is -0.468 e. The van der Waals surface area contributed by atoms with Crippen molar-refractivity contribution in [1.82, 2.24) is 20.4 Å². The van der Waals surface area contributed by atoms with Crippen molar-refractivity contribution in [3.63, 3.8) is 0 Å². The molecular formula is C26H30N4O6S. The Bertz CT molecular complexity index is 1240. The topological polar surface area (TPSA) is 135 Å². The molecular weight excluding hydrogens is 496 g/mol. The summed E-state index contributed by atoms with van der Waals surface area (Å²) in [5.41, 5.74) is 4.78. The molecule has 3 aromatic rings. The number of likely N-dealkylation sites (tertiary alicyclic amines) is 1. The summed E-state index contributed by atoms with van der Waals surface area (Å²) in [6.07, 6.45) is -0.0726. The Kier molecular flexibility index (Phi) is 8.34. The lowest BCUT2D eigenvalue weighted by Crippen LogP contribution is -2.48. The number of ether oxygens (including phenoxy) is 1. The van der Waals surface area contributed by atoms with Crippen LogP contribution in [0.3, 0.4) is 0 Å². The summed E-state index contributed by atoms with van der Waals surface area (Å²) < 4.78 is 10.5. The number of benzene rings is 1. The molecule has 0 radical (unpaired) electrons. The highest BCUT2D eigenvalue weighted by Crippen LogP contribution is 2.32. The number of hydrogen-bond acceptors (Lipinski definition) is 9. The van der Waals surface area contributed by atoms with E-state index in [0.29, 0.717) is 12.8 Å². The Morgan fingerprint density at radius 3 is 2.73 bits per heavy atom. The molecule has 1 unspecified atom stereocenters. The number of aliphatic hydroxyl groups is 1. The maximum Gasteiger partial charge on any atom is 0.254 e. The Balaban J connectivity index is 1.43. The number of carbonyl (C=O) groups is 3. The number of aldehydes is 1. The van der Waals surface area contributed by atoms with Gasteiger partial charge < -0.3 is 24.6 Å². The van der Waals surface area contributed by atoms with Crippen LogP contribution < -0.4 is 10.1 Å². The molecule has 37 heavy (non-hydrogen) atoms. The van der Waals surface area contributed by atoms with E-state index >= 15 is 0 Å². The molecule has 196 valence electrons. The number of amides is 2. The van der Waals surface area contributed by atoms with Crippen molar-refractivity contribution in [1.29, 1.82) is 0 Å². The number of aryl methyl sites for hydroxylation is 1. The van der Waals surface area contributed by atoms with Crippen molar-refractivity contribution < 1.29 is 28.8 Å². The quantitative estimate of drug-likeness (QED) is 0.385. The van der Waals surface area contributed by atoms with Gasteiger partial charge in [0.05, 0.1) is 22.2 Å². The highest BCUT2D eigenvalue weighted by Gasteiger charge is 2.43. The average molecular weight is 527 g/mol. The monoisotopic (exact) mass is 526 g/mol. The standard InChI is InChI=1S/C26H30N4O6S/c1-15(2)23(21-11-22(29-36-21)35-9-8-31)26(34)30-13-19(32)10-20(30)25(33)27-12-17-4-6-18(7-5-17)24-16(3)28-14-37-24/h4-8,11,14-15,19-20,23,32H,9-10,12-13H2,1-3H3,(H,27,33)/t19-,20+,23?/m1/s1. The maximum atomic E-state index is 13.6. The van der Waals surface area contributed by atoms with Gasteiger partial charge in [0, 0.05) is 25.6 Å². The summed E-state index contributed by atoms with van der Waals surface area (Å²) in [5.74, 6) is -1.20. The molecule has 3 atom stereocenters. The fraction of sp³-hybridized carbons (Fsp3) is 0.423. The molecule has 0 aliphatic carbocycles. The number of β-amino-alcohol motifs (C(OH)–C–C–N with tert-alkyl or cyclic N) is 1. The molecule has 4 rings (SSSR count). The lowest BCUT2D eigenvalue weighted by molar-refractivity contribution is -0.141. The van der Waals surface area contributed by atoms with E-state index in [9.17, 15) is 19.5 Å². The van der Waals surface area contributed by atoms with E-state index in [0.717, 1.165) is 21.7 Å². The van der Waals surface area contributed by atoms with Crippen LogP contribution in [-0.4, -0.2) is 63.5 Å². The van der Waals surface area contributed by atoms with Gasteiger partial charge in [0.25, 0.3) is 5.88 Å². The average Bonchev–Trinajstić information content (AvgIpc) is 3.61. The molecule has 1 aliphatic rings. The zero-order valence-corrected chi connectivity index (χ0v) is 21.7. The largest absolute Gasteiger partial charge is 0.468 e. The van der Waals surface area contributed by atoms with E-state index in [-0.39, 0.29) is 48.9 Å². The van der Waals surface area contributed by atoms with E-state index in [1.165, 1.54) is 11.0 Å². The van der Waals surface area contributed by atoms with Crippen LogP contribution in [-0.2, 0) is 20.9 Å². The molecule has 1 aliphatic heterocycles. The van der Waals surface area contributed by atoms with E-state index in [4.69, 9.17) is 9.26 Å². The van der Waals surface area contributed by atoms with Crippen LogP contribution in [0.25, 0.3) is 10.4 Å². The van der Waals surface area contributed by atoms with Crippen molar-refractivity contribution in [3.05, 3.63) is 52.9 Å². The first-order valence-corrected chi connectivity index (χ1v) is 12.9. The SMILES string of the molecule is Cc1ncsc1-c1ccc(CNC(=O)[C@@H]2C[C@@H](O)CN2C(=O)C(c2cc(OCC=O)no2)C(C)C)cc1. The number of rotatable bonds is 10. The second-order valence-corrected chi connectivity index (χ2v) is 10.2. The lowest BCUT2D eigenvalue weighted by atomic mass is 9.91. The molecule has 1 fully saturated rings. The molecule has 2 N–H and O–H groups in total. The van der Waals surface area contributed by atoms with Crippen LogP contribution in [0.15, 0.2) is 40.4 Å². The van der Waals surface area contributed by atoms with Gasteiger partial charge in [-0.2, -0.15) is 0 Å². The zero-order valence-electron chi connectivity index (χ0n) is 20.9. The minimum absolute atomic E-state index is 0.0473. The van der Waals surface area contributed by atoms with Crippen molar-refractivity contribution in [2.45, 2.75) is 51.8 Å². The van der Waals surface area contributed by atoms with E-state index in [2.05, 4.69) is 15.5 Å². The van der Waals surface area contributed by atoms with E-state index in [1.54, 1.807) is 11.3 Å². The second-order valence-electron chi connectivity index (χ2n) is 9.34. The lowest BCUT2D eigenvalue weighted by Gasteiger charge is -2.28. The highest BCUT2D eigenvalue weighted by molar-refractivity contribution is 7.13. The minimum atomic E-state index is -0.810. The predicted molar refractivity (Wildman–Crippen MR) is 136 cm³/mol. The van der Waals surface area contributed by atoms with E-state index in [1.807, 2.05) is 50.5 Å². The molecule has 0 bridgehead atoms. The van der Waals surface area contributed by atoms with Crippen molar-refractivity contribution in [2.75, 3.05) is 13.2 Å². The fourth-order valence-corrected chi connectivity index (χ4v) is 5.30. The van der Waals surface area contributed by atoms with Crippen LogP contribution >= 0.6 is 11.3 Å². The highest BCUT2D eigenvalue weighted by atomic mass is 32.1. The summed E-state index contributed by atoms with van der Waals surface area (Å²) >= 11 is 1.58. The number of aliphatic hydroxyl groups excluding tert-OH is 1. The Morgan fingerprint density at radius 1 is 1.32 bits per heavy atom. The summed E-state index contributed by atoms with van der Waals surface area (Å²) in [7, 11) is 0. The number of aromatic nitrogens is 2. The summed E-state index contributed by atoms with van der Waals surface area (Å²) in [6, 6.07) is 8.56. The van der Waals surface area contributed by atoms with Crippen molar-refractivity contribution in [3.8, 4) is 16.3 Å². The Morgan fingerprint density at radius 2 is 2.08 bits per heavy atom. The van der Waals surface area contributed by atoms with Crippen molar-refractivity contribution >= 4 is 29.4 Å². The molecule has 2 aromatic heterocycles. The number of nitrogens with one attached hydrogen (secondary N) is 1. The summed E-state index contributed by atoms with van der Waals surface area (Å²) in [4.78, 5) is 44.0. The number of thiazole rings is 1. The fourth-order valence-electron chi connectivity index (χ4n) is 4.49. The van der Waals surface area contributed by atoms with Gasteiger partial charge in [-0.25, -0.2) is 4.98 Å².